The predicted octanol–water partition coefficient (Wildman–Crippen LogP) is -0.471. The van der Waals surface area contributed by atoms with Crippen LogP contribution in [0.25, 0.3) is 0 Å². The molecule has 2 saturated heterocycles. The number of amides is 1. The van der Waals surface area contributed by atoms with Gasteiger partial charge in [0.15, 0.2) is 0 Å². The fourth-order valence-electron chi connectivity index (χ4n) is 1.81. The van der Waals surface area contributed by atoms with Crippen molar-refractivity contribution in [2.24, 2.45) is 0 Å². The highest BCUT2D eigenvalue weighted by Crippen LogP contribution is 2.21. The van der Waals surface area contributed by atoms with Crippen LogP contribution in [0.3, 0.4) is 0 Å². The number of carbonyl (C=O) groups excluding carboxylic acids is 1. The van der Waals surface area contributed by atoms with E-state index >= 15 is 0 Å². The molecule has 0 radical (unpaired) electrons. The Morgan fingerprint density at radius 1 is 1.64 bits per heavy atom. The van der Waals surface area contributed by atoms with Gasteiger partial charge in [-0.25, -0.2) is 4.39 Å². The number of carbonyl (C=O) groups is 1. The molecule has 2 fully saturated rings. The molecule has 0 aromatic carbocycles. The van der Waals surface area contributed by atoms with Crippen LogP contribution < -0.4 is 5.32 Å². The summed E-state index contributed by atoms with van der Waals surface area (Å²) in [5, 5.41) is 2.73. The number of fused-ring (bicyclic) bond motifs is 1. The van der Waals surface area contributed by atoms with Gasteiger partial charge < -0.3 is 5.32 Å². The fourth-order valence-corrected chi connectivity index (χ4v) is 1.81. The predicted molar refractivity (Wildman–Crippen MR) is 37.9 cm³/mol. The minimum absolute atomic E-state index is 0.00333. The second kappa shape index (κ2) is 2.44. The largest absolute Gasteiger partial charge is 0.353 e. The molecule has 0 aromatic heterocycles. The van der Waals surface area contributed by atoms with Gasteiger partial charge in [0.1, 0.15) is 6.17 Å². The molecule has 1 amide bonds. The van der Waals surface area contributed by atoms with E-state index in [-0.39, 0.29) is 11.9 Å². The van der Waals surface area contributed by atoms with Gasteiger partial charge in [-0.2, -0.15) is 0 Å². The third-order valence-electron chi connectivity index (χ3n) is 2.35. The molecule has 0 spiro atoms. The average Bonchev–Trinajstić information content (AvgIpc) is 2.31. The van der Waals surface area contributed by atoms with Crippen LogP contribution in [0.1, 0.15) is 6.42 Å². The van der Waals surface area contributed by atoms with Gasteiger partial charge in [-0.05, 0) is 0 Å². The van der Waals surface area contributed by atoms with Gasteiger partial charge in [0, 0.05) is 26.1 Å². The van der Waals surface area contributed by atoms with Crippen molar-refractivity contribution in [1.29, 1.82) is 0 Å². The normalized spacial score (nSPS) is 38.5. The number of alkyl halides is 1. The molecule has 0 aromatic rings. The highest BCUT2D eigenvalue weighted by atomic mass is 19.1. The van der Waals surface area contributed by atoms with Crippen molar-refractivity contribution in [1.82, 2.24) is 10.2 Å². The number of hydrogen-bond acceptors (Lipinski definition) is 2. The molecule has 62 valence electrons. The molecule has 2 aliphatic heterocycles. The summed E-state index contributed by atoms with van der Waals surface area (Å²) < 4.78 is 12.8. The van der Waals surface area contributed by atoms with Crippen molar-refractivity contribution in [3.8, 4) is 0 Å². The standard InChI is InChI=1S/C7H11FN2O/c8-5-3-6-7(11)9-1-2-10(6)4-5/h5-6H,1-4H2,(H,9,11)/t5-,6-/m1/s1. The first kappa shape index (κ1) is 7.03. The van der Waals surface area contributed by atoms with Crippen LogP contribution in [-0.4, -0.2) is 42.7 Å². The highest BCUT2D eigenvalue weighted by molar-refractivity contribution is 5.82. The zero-order chi connectivity index (χ0) is 7.84. The van der Waals surface area contributed by atoms with Crippen molar-refractivity contribution >= 4 is 5.91 Å². The lowest BCUT2D eigenvalue weighted by Gasteiger charge is -2.28. The van der Waals surface area contributed by atoms with Gasteiger partial charge >= 0.3 is 0 Å². The van der Waals surface area contributed by atoms with Gasteiger partial charge in [0.2, 0.25) is 5.91 Å². The Morgan fingerprint density at radius 3 is 3.18 bits per heavy atom. The number of piperazine rings is 1. The Bertz CT molecular complexity index is 185. The summed E-state index contributed by atoms with van der Waals surface area (Å²) in [6.07, 6.45) is -0.421. The second-order valence-corrected chi connectivity index (χ2v) is 3.13. The molecule has 4 heteroatoms. The molecule has 0 bridgehead atoms. The van der Waals surface area contributed by atoms with Crippen LogP contribution >= 0.6 is 0 Å². The summed E-state index contributed by atoms with van der Waals surface area (Å²) in [7, 11) is 0. The van der Waals surface area contributed by atoms with Crippen LogP contribution in [-0.2, 0) is 4.79 Å². The maximum Gasteiger partial charge on any atom is 0.237 e. The van der Waals surface area contributed by atoms with Crippen LogP contribution in [0.5, 0.6) is 0 Å². The lowest BCUT2D eigenvalue weighted by Crippen LogP contribution is -2.51. The summed E-state index contributed by atoms with van der Waals surface area (Å²) in [6, 6.07) is -0.182. The van der Waals surface area contributed by atoms with Crippen LogP contribution in [0.4, 0.5) is 4.39 Å². The summed E-state index contributed by atoms with van der Waals surface area (Å²) in [6.45, 7) is 1.91. The Kier molecular flexibility index (Phi) is 1.56. The number of rotatable bonds is 0. The summed E-state index contributed by atoms with van der Waals surface area (Å²) in [4.78, 5) is 13.0. The van der Waals surface area contributed by atoms with E-state index in [4.69, 9.17) is 0 Å². The fraction of sp³-hybridized carbons (Fsp3) is 0.857. The van der Waals surface area contributed by atoms with Crippen LogP contribution in [0.2, 0.25) is 0 Å². The first-order chi connectivity index (χ1) is 5.27. The van der Waals surface area contributed by atoms with E-state index in [1.165, 1.54) is 0 Å². The van der Waals surface area contributed by atoms with E-state index < -0.39 is 6.17 Å². The van der Waals surface area contributed by atoms with E-state index in [0.29, 0.717) is 19.5 Å². The Morgan fingerprint density at radius 2 is 2.45 bits per heavy atom. The lowest BCUT2D eigenvalue weighted by molar-refractivity contribution is -0.127. The monoisotopic (exact) mass is 158 g/mol. The van der Waals surface area contributed by atoms with Gasteiger partial charge in [-0.15, -0.1) is 0 Å². The molecule has 0 aliphatic carbocycles. The minimum atomic E-state index is -0.802. The molecule has 2 aliphatic rings. The van der Waals surface area contributed by atoms with Crippen LogP contribution in [0.15, 0.2) is 0 Å². The zero-order valence-corrected chi connectivity index (χ0v) is 6.22. The van der Waals surface area contributed by atoms with Crippen molar-refractivity contribution in [2.75, 3.05) is 19.6 Å². The number of nitrogens with zero attached hydrogens (tertiary/aromatic N) is 1. The van der Waals surface area contributed by atoms with E-state index in [2.05, 4.69) is 5.32 Å². The molecule has 2 atom stereocenters. The molecule has 11 heavy (non-hydrogen) atoms. The van der Waals surface area contributed by atoms with Gasteiger partial charge in [0.05, 0.1) is 6.04 Å². The molecule has 2 heterocycles. The van der Waals surface area contributed by atoms with Gasteiger partial charge in [-0.3, -0.25) is 9.69 Å². The van der Waals surface area contributed by atoms with Gasteiger partial charge in [0.25, 0.3) is 0 Å². The SMILES string of the molecule is O=C1NCCN2C[C@H](F)C[C@H]12. The second-order valence-electron chi connectivity index (χ2n) is 3.13. The molecule has 3 nitrogen and oxygen atoms in total. The number of nitrogens with one attached hydrogen (secondary N) is 1. The summed E-state index contributed by atoms with van der Waals surface area (Å²) >= 11 is 0. The maximum absolute atomic E-state index is 12.8. The number of hydrogen-bond donors (Lipinski definition) is 1. The van der Waals surface area contributed by atoms with Gasteiger partial charge in [-0.1, -0.05) is 0 Å². The molecular formula is C7H11FN2O. The molecular weight excluding hydrogens is 147 g/mol. The maximum atomic E-state index is 12.8. The lowest BCUT2D eigenvalue weighted by atomic mass is 10.1. The van der Waals surface area contributed by atoms with E-state index in [1.54, 1.807) is 0 Å². The highest BCUT2D eigenvalue weighted by Gasteiger charge is 2.38. The molecule has 2 rings (SSSR count). The molecule has 1 N–H and O–H groups in total. The first-order valence-electron chi connectivity index (χ1n) is 3.93. The smallest absolute Gasteiger partial charge is 0.237 e. The Labute approximate surface area is 64.6 Å². The van der Waals surface area contributed by atoms with E-state index in [9.17, 15) is 9.18 Å². The molecule has 0 unspecified atom stereocenters. The number of halogens is 1. The quantitative estimate of drug-likeness (QED) is 0.517. The Balaban J connectivity index is 2.09. The van der Waals surface area contributed by atoms with Crippen molar-refractivity contribution in [3.63, 3.8) is 0 Å². The zero-order valence-electron chi connectivity index (χ0n) is 6.22. The van der Waals surface area contributed by atoms with Crippen molar-refractivity contribution in [3.05, 3.63) is 0 Å². The van der Waals surface area contributed by atoms with Crippen molar-refractivity contribution < 1.29 is 9.18 Å². The Hall–Kier alpha value is -0.640. The van der Waals surface area contributed by atoms with Crippen molar-refractivity contribution in [2.45, 2.75) is 18.6 Å². The van der Waals surface area contributed by atoms with E-state index in [1.807, 2.05) is 4.90 Å². The third kappa shape index (κ3) is 1.11. The summed E-state index contributed by atoms with van der Waals surface area (Å²) in [5.74, 6) is -0.00333. The van der Waals surface area contributed by atoms with E-state index in [0.717, 1.165) is 6.54 Å². The minimum Gasteiger partial charge on any atom is -0.353 e. The van der Waals surface area contributed by atoms with Crippen LogP contribution in [0, 0.1) is 0 Å². The summed E-state index contributed by atoms with van der Waals surface area (Å²) in [5.41, 5.74) is 0. The molecule has 0 saturated carbocycles. The average molecular weight is 158 g/mol. The first-order valence-corrected chi connectivity index (χ1v) is 3.93. The topological polar surface area (TPSA) is 32.3 Å². The third-order valence-corrected chi connectivity index (χ3v) is 2.35.